The first-order valence-electron chi connectivity index (χ1n) is 6.67. The Hall–Kier alpha value is -1.78. The highest BCUT2D eigenvalue weighted by atomic mass is 15.2. The fraction of sp³-hybridized carbons (Fsp3) is 0.333. The van der Waals surface area contributed by atoms with Gasteiger partial charge in [-0.15, -0.1) is 0 Å². The van der Waals surface area contributed by atoms with Gasteiger partial charge in [-0.1, -0.05) is 30.3 Å². The van der Waals surface area contributed by atoms with Crippen LogP contribution in [0.2, 0.25) is 0 Å². The largest absolute Gasteiger partial charge is 0.306 e. The van der Waals surface area contributed by atoms with Crippen LogP contribution >= 0.6 is 0 Å². The van der Waals surface area contributed by atoms with Gasteiger partial charge in [-0.05, 0) is 11.6 Å². The van der Waals surface area contributed by atoms with E-state index >= 15 is 0 Å². The number of rotatable bonds is 3. The number of piperazine rings is 1. The Morgan fingerprint density at radius 2 is 2.11 bits per heavy atom. The first-order valence-corrected chi connectivity index (χ1v) is 6.67. The summed E-state index contributed by atoms with van der Waals surface area (Å²) in [6, 6.07) is 12.9. The molecule has 19 heavy (non-hydrogen) atoms. The molecule has 0 spiro atoms. The van der Waals surface area contributed by atoms with E-state index in [4.69, 9.17) is 0 Å². The lowest BCUT2D eigenvalue weighted by atomic mass is 10.1. The summed E-state index contributed by atoms with van der Waals surface area (Å²) < 4.78 is 0. The summed E-state index contributed by atoms with van der Waals surface area (Å²) in [5.41, 5.74) is 2.44. The van der Waals surface area contributed by atoms with E-state index in [0.29, 0.717) is 6.04 Å². The predicted octanol–water partition coefficient (Wildman–Crippen LogP) is 1.62. The lowest BCUT2D eigenvalue weighted by Gasteiger charge is -2.33. The molecule has 1 aliphatic heterocycles. The molecule has 3 rings (SSSR count). The maximum atomic E-state index is 4.34. The van der Waals surface area contributed by atoms with Crippen LogP contribution in [0.1, 0.15) is 17.3 Å². The molecule has 0 aliphatic carbocycles. The molecule has 1 saturated heterocycles. The Bertz CT molecular complexity index is 500. The quantitative estimate of drug-likeness (QED) is 0.903. The van der Waals surface area contributed by atoms with Gasteiger partial charge in [0.05, 0.1) is 11.7 Å². The van der Waals surface area contributed by atoms with Crippen LogP contribution in [0, 0.1) is 0 Å². The summed E-state index contributed by atoms with van der Waals surface area (Å²) in [5.74, 6) is 0. The highest BCUT2D eigenvalue weighted by Gasteiger charge is 2.21. The zero-order valence-electron chi connectivity index (χ0n) is 10.9. The topological polar surface area (TPSA) is 41.0 Å². The SMILES string of the molecule is c1ccc(CN2CCNC(c3ccncn3)C2)cc1. The van der Waals surface area contributed by atoms with Gasteiger partial charge < -0.3 is 5.32 Å². The summed E-state index contributed by atoms with van der Waals surface area (Å²) in [4.78, 5) is 10.8. The minimum Gasteiger partial charge on any atom is -0.306 e. The van der Waals surface area contributed by atoms with Crippen molar-refractivity contribution < 1.29 is 0 Å². The molecule has 2 heterocycles. The van der Waals surface area contributed by atoms with E-state index in [0.717, 1.165) is 31.9 Å². The van der Waals surface area contributed by atoms with Gasteiger partial charge in [0.15, 0.2) is 0 Å². The zero-order chi connectivity index (χ0) is 12.9. The third-order valence-corrected chi connectivity index (χ3v) is 3.47. The van der Waals surface area contributed by atoms with Crippen molar-refractivity contribution in [1.29, 1.82) is 0 Å². The molecule has 2 aromatic rings. The Morgan fingerprint density at radius 1 is 1.21 bits per heavy atom. The minimum atomic E-state index is 0.306. The van der Waals surface area contributed by atoms with Crippen LogP contribution in [0.5, 0.6) is 0 Å². The van der Waals surface area contributed by atoms with E-state index in [1.165, 1.54) is 5.56 Å². The van der Waals surface area contributed by atoms with Crippen molar-refractivity contribution >= 4 is 0 Å². The molecule has 1 N–H and O–H groups in total. The van der Waals surface area contributed by atoms with Gasteiger partial charge in [-0.2, -0.15) is 0 Å². The number of nitrogens with one attached hydrogen (secondary N) is 1. The summed E-state index contributed by atoms with van der Waals surface area (Å²) >= 11 is 0. The third kappa shape index (κ3) is 3.16. The fourth-order valence-electron chi connectivity index (χ4n) is 2.50. The van der Waals surface area contributed by atoms with Crippen LogP contribution in [0.3, 0.4) is 0 Å². The van der Waals surface area contributed by atoms with E-state index in [1.807, 2.05) is 6.07 Å². The number of nitrogens with zero attached hydrogens (tertiary/aromatic N) is 3. The maximum absolute atomic E-state index is 4.34. The van der Waals surface area contributed by atoms with Crippen LogP contribution < -0.4 is 5.32 Å². The van der Waals surface area contributed by atoms with E-state index < -0.39 is 0 Å². The number of aromatic nitrogens is 2. The lowest BCUT2D eigenvalue weighted by Crippen LogP contribution is -2.45. The van der Waals surface area contributed by atoms with Gasteiger partial charge in [0.25, 0.3) is 0 Å². The first-order chi connectivity index (χ1) is 9.42. The van der Waals surface area contributed by atoms with Gasteiger partial charge in [0.2, 0.25) is 0 Å². The maximum Gasteiger partial charge on any atom is 0.115 e. The van der Waals surface area contributed by atoms with Crippen molar-refractivity contribution in [3.8, 4) is 0 Å². The van der Waals surface area contributed by atoms with Crippen LogP contribution in [0.15, 0.2) is 48.9 Å². The monoisotopic (exact) mass is 254 g/mol. The van der Waals surface area contributed by atoms with E-state index in [-0.39, 0.29) is 0 Å². The predicted molar refractivity (Wildman–Crippen MR) is 74.5 cm³/mol. The molecule has 1 aliphatic rings. The highest BCUT2D eigenvalue weighted by Crippen LogP contribution is 2.16. The Kier molecular flexibility index (Phi) is 3.81. The van der Waals surface area contributed by atoms with Gasteiger partial charge in [0.1, 0.15) is 6.33 Å². The number of hydrogen-bond donors (Lipinski definition) is 1. The molecular weight excluding hydrogens is 236 g/mol. The molecule has 1 unspecified atom stereocenters. The summed E-state index contributed by atoms with van der Waals surface area (Å²) in [7, 11) is 0. The standard InChI is InChI=1S/C15H18N4/c1-2-4-13(5-3-1)10-19-9-8-17-15(11-19)14-6-7-16-12-18-14/h1-7,12,15,17H,8-11H2. The molecule has 1 aromatic carbocycles. The molecule has 1 atom stereocenters. The second-order valence-electron chi connectivity index (χ2n) is 4.86. The summed E-state index contributed by atoms with van der Waals surface area (Å²) in [5, 5.41) is 3.52. The number of hydrogen-bond acceptors (Lipinski definition) is 4. The van der Waals surface area contributed by atoms with Crippen molar-refractivity contribution in [2.24, 2.45) is 0 Å². The van der Waals surface area contributed by atoms with Crippen molar-refractivity contribution in [3.63, 3.8) is 0 Å². The van der Waals surface area contributed by atoms with Gasteiger partial charge >= 0.3 is 0 Å². The van der Waals surface area contributed by atoms with E-state index in [1.54, 1.807) is 12.5 Å². The normalized spacial score (nSPS) is 20.3. The second-order valence-corrected chi connectivity index (χ2v) is 4.86. The molecule has 4 nitrogen and oxygen atoms in total. The van der Waals surface area contributed by atoms with Crippen LogP contribution in [-0.4, -0.2) is 34.5 Å². The molecule has 1 aromatic heterocycles. The van der Waals surface area contributed by atoms with Crippen molar-refractivity contribution in [3.05, 3.63) is 60.2 Å². The molecule has 0 saturated carbocycles. The zero-order valence-corrected chi connectivity index (χ0v) is 10.9. The lowest BCUT2D eigenvalue weighted by molar-refractivity contribution is 0.191. The Morgan fingerprint density at radius 3 is 2.89 bits per heavy atom. The fourth-order valence-corrected chi connectivity index (χ4v) is 2.50. The van der Waals surface area contributed by atoms with Crippen LogP contribution in [0.25, 0.3) is 0 Å². The smallest absolute Gasteiger partial charge is 0.115 e. The molecule has 0 amide bonds. The van der Waals surface area contributed by atoms with Crippen LogP contribution in [0.4, 0.5) is 0 Å². The van der Waals surface area contributed by atoms with Gasteiger partial charge in [-0.25, -0.2) is 9.97 Å². The van der Waals surface area contributed by atoms with E-state index in [2.05, 4.69) is 50.5 Å². The Balaban J connectivity index is 1.65. The highest BCUT2D eigenvalue weighted by molar-refractivity contribution is 5.15. The molecule has 4 heteroatoms. The average molecular weight is 254 g/mol. The molecule has 0 bridgehead atoms. The molecule has 1 fully saturated rings. The van der Waals surface area contributed by atoms with Gasteiger partial charge in [0, 0.05) is 32.4 Å². The van der Waals surface area contributed by atoms with Gasteiger partial charge in [-0.3, -0.25) is 4.90 Å². The van der Waals surface area contributed by atoms with E-state index in [9.17, 15) is 0 Å². The molecular formula is C15H18N4. The molecule has 98 valence electrons. The van der Waals surface area contributed by atoms with Crippen molar-refractivity contribution in [2.75, 3.05) is 19.6 Å². The van der Waals surface area contributed by atoms with Crippen molar-refractivity contribution in [2.45, 2.75) is 12.6 Å². The summed E-state index contributed by atoms with van der Waals surface area (Å²) in [6.07, 6.45) is 3.42. The Labute approximate surface area is 113 Å². The van der Waals surface area contributed by atoms with Crippen molar-refractivity contribution in [1.82, 2.24) is 20.2 Å². The first kappa shape index (κ1) is 12.3. The minimum absolute atomic E-state index is 0.306. The second kappa shape index (κ2) is 5.91. The van der Waals surface area contributed by atoms with Crippen LogP contribution in [-0.2, 0) is 6.54 Å². The molecule has 0 radical (unpaired) electrons. The third-order valence-electron chi connectivity index (χ3n) is 3.47. The average Bonchev–Trinajstić information content (AvgIpc) is 2.49. The summed E-state index contributed by atoms with van der Waals surface area (Å²) in [6.45, 7) is 4.08. The number of benzene rings is 1.